The van der Waals surface area contributed by atoms with Gasteiger partial charge >= 0.3 is 12.2 Å². The van der Waals surface area contributed by atoms with Crippen molar-refractivity contribution in [3.8, 4) is 0 Å². The van der Waals surface area contributed by atoms with Gasteiger partial charge in [-0.2, -0.15) is 0 Å². The van der Waals surface area contributed by atoms with Crippen LogP contribution < -0.4 is 5.32 Å². The molecule has 1 saturated carbocycles. The average molecular weight is 433 g/mol. The maximum absolute atomic E-state index is 15.3. The van der Waals surface area contributed by atoms with Crippen molar-refractivity contribution in [2.24, 2.45) is 0 Å². The molecule has 0 aliphatic heterocycles. The highest BCUT2D eigenvalue weighted by Crippen LogP contribution is 2.35. The molecule has 0 heterocycles. The Hall–Kier alpha value is -1.31. The zero-order valence-electron chi connectivity index (χ0n) is 19.4. The van der Waals surface area contributed by atoms with E-state index in [0.717, 1.165) is 25.3 Å². The third-order valence-electron chi connectivity index (χ3n) is 4.97. The third kappa shape index (κ3) is 11.5. The molecule has 0 aromatic rings. The van der Waals surface area contributed by atoms with Crippen molar-refractivity contribution < 1.29 is 23.5 Å². The number of rotatable bonds is 8. The Morgan fingerprint density at radius 3 is 2.28 bits per heavy atom. The van der Waals surface area contributed by atoms with E-state index in [1.807, 2.05) is 0 Å². The van der Waals surface area contributed by atoms with E-state index in [2.05, 4.69) is 25.0 Å². The van der Waals surface area contributed by atoms with Crippen LogP contribution in [0.3, 0.4) is 0 Å². The zero-order chi connectivity index (χ0) is 22.3. The molecular formula is C21H41FN2O4Si. The number of ether oxygens (including phenoxy) is 2. The van der Waals surface area contributed by atoms with Crippen LogP contribution in [0.1, 0.15) is 59.3 Å². The van der Waals surface area contributed by atoms with Gasteiger partial charge in [0.1, 0.15) is 11.3 Å². The quantitative estimate of drug-likeness (QED) is 0.525. The molecular weight excluding hydrogens is 391 g/mol. The standard InChI is InChI=1S/C21H41FN2O4Si/c1-20(2,3)28-18(25)23-17(15-21(22)11-9-8-10-12-21)16-24(4)19(26)27-13-14-29(5,6)7/h17H,8-16H2,1-7H3,(H,23,25)/t17-/m0/s1. The Morgan fingerprint density at radius 1 is 1.17 bits per heavy atom. The van der Waals surface area contributed by atoms with Gasteiger partial charge in [0.05, 0.1) is 12.6 Å². The minimum Gasteiger partial charge on any atom is -0.450 e. The molecule has 0 bridgehead atoms. The van der Waals surface area contributed by atoms with Gasteiger partial charge in [-0.3, -0.25) is 0 Å². The van der Waals surface area contributed by atoms with Crippen LogP contribution in [0.4, 0.5) is 14.0 Å². The van der Waals surface area contributed by atoms with E-state index in [-0.39, 0.29) is 13.0 Å². The van der Waals surface area contributed by atoms with Crippen molar-refractivity contribution in [1.29, 1.82) is 0 Å². The van der Waals surface area contributed by atoms with Crippen molar-refractivity contribution in [3.63, 3.8) is 0 Å². The minimum absolute atomic E-state index is 0.165. The number of carbonyl (C=O) groups excluding carboxylic acids is 2. The first-order valence-corrected chi connectivity index (χ1v) is 14.5. The maximum Gasteiger partial charge on any atom is 0.409 e. The predicted octanol–water partition coefficient (Wildman–Crippen LogP) is 5.35. The van der Waals surface area contributed by atoms with Crippen molar-refractivity contribution in [1.82, 2.24) is 10.2 Å². The molecule has 8 heteroatoms. The lowest BCUT2D eigenvalue weighted by atomic mass is 9.82. The van der Waals surface area contributed by atoms with E-state index in [1.165, 1.54) is 4.90 Å². The van der Waals surface area contributed by atoms with E-state index < -0.39 is 37.6 Å². The summed E-state index contributed by atoms with van der Waals surface area (Å²) < 4.78 is 26.0. The van der Waals surface area contributed by atoms with Crippen LogP contribution in [0, 0.1) is 0 Å². The average Bonchev–Trinajstić information content (AvgIpc) is 2.51. The summed E-state index contributed by atoms with van der Waals surface area (Å²) in [6.45, 7) is 12.6. The minimum atomic E-state index is -1.32. The number of alkyl carbamates (subject to hydrolysis) is 1. The van der Waals surface area contributed by atoms with Gasteiger partial charge in [0.25, 0.3) is 0 Å². The summed E-state index contributed by atoms with van der Waals surface area (Å²) in [6, 6.07) is 0.349. The van der Waals surface area contributed by atoms with Gasteiger partial charge in [0.15, 0.2) is 0 Å². The van der Waals surface area contributed by atoms with Crippen LogP contribution in [0.2, 0.25) is 25.7 Å². The highest BCUT2D eigenvalue weighted by Gasteiger charge is 2.36. The van der Waals surface area contributed by atoms with Crippen molar-refractivity contribution in [2.45, 2.75) is 102 Å². The van der Waals surface area contributed by atoms with Gasteiger partial charge < -0.3 is 19.7 Å². The molecule has 1 atom stereocenters. The first-order chi connectivity index (χ1) is 13.2. The van der Waals surface area contributed by atoms with Gasteiger partial charge in [0, 0.05) is 28.1 Å². The topological polar surface area (TPSA) is 67.9 Å². The molecule has 29 heavy (non-hydrogen) atoms. The van der Waals surface area contributed by atoms with Gasteiger partial charge in [-0.1, -0.05) is 38.9 Å². The number of carbonyl (C=O) groups is 2. The Balaban J connectivity index is 2.70. The molecule has 1 fully saturated rings. The smallest absolute Gasteiger partial charge is 0.409 e. The summed E-state index contributed by atoms with van der Waals surface area (Å²) >= 11 is 0. The molecule has 170 valence electrons. The van der Waals surface area contributed by atoms with Gasteiger partial charge in [-0.05, 0) is 39.7 Å². The Kier molecular flexibility index (Phi) is 9.43. The van der Waals surface area contributed by atoms with Crippen LogP contribution in [0.15, 0.2) is 0 Å². The summed E-state index contributed by atoms with van der Waals surface area (Å²) in [7, 11) is 0.324. The van der Waals surface area contributed by atoms with E-state index in [1.54, 1.807) is 27.8 Å². The van der Waals surface area contributed by atoms with Gasteiger partial charge in [-0.15, -0.1) is 0 Å². The SMILES string of the molecule is CN(C[C@H](CC1(F)CCCCC1)NC(=O)OC(C)(C)C)C(=O)OCC[Si](C)(C)C. The number of halogens is 1. The van der Waals surface area contributed by atoms with Crippen LogP contribution in [0.25, 0.3) is 0 Å². The number of hydrogen-bond donors (Lipinski definition) is 1. The van der Waals surface area contributed by atoms with E-state index in [4.69, 9.17) is 9.47 Å². The second kappa shape index (κ2) is 10.6. The monoisotopic (exact) mass is 432 g/mol. The molecule has 1 aliphatic rings. The van der Waals surface area contributed by atoms with E-state index in [0.29, 0.717) is 19.4 Å². The molecule has 0 aromatic carbocycles. The Labute approximate surface area is 176 Å². The highest BCUT2D eigenvalue weighted by atomic mass is 28.3. The summed E-state index contributed by atoms with van der Waals surface area (Å²) in [5.41, 5.74) is -1.96. The fourth-order valence-corrected chi connectivity index (χ4v) is 4.14. The van der Waals surface area contributed by atoms with Gasteiger partial charge in [-0.25, -0.2) is 14.0 Å². The Morgan fingerprint density at radius 2 is 1.76 bits per heavy atom. The summed E-state index contributed by atoms with van der Waals surface area (Å²) in [5, 5.41) is 2.77. The maximum atomic E-state index is 15.3. The molecule has 2 amide bonds. The fraction of sp³-hybridized carbons (Fsp3) is 0.905. The molecule has 1 aliphatic carbocycles. The first kappa shape index (κ1) is 25.7. The van der Waals surface area contributed by atoms with Crippen LogP contribution in [-0.4, -0.2) is 62.7 Å². The molecule has 6 nitrogen and oxygen atoms in total. The lowest BCUT2D eigenvalue weighted by Gasteiger charge is -2.34. The molecule has 0 saturated heterocycles. The van der Waals surface area contributed by atoms with E-state index in [9.17, 15) is 9.59 Å². The summed E-state index contributed by atoms with van der Waals surface area (Å²) in [5.74, 6) is 0. The summed E-state index contributed by atoms with van der Waals surface area (Å²) in [4.78, 5) is 26.0. The zero-order valence-corrected chi connectivity index (χ0v) is 20.4. The Bertz CT molecular complexity index is 540. The largest absolute Gasteiger partial charge is 0.450 e. The number of alkyl halides is 1. The van der Waals surface area contributed by atoms with Crippen molar-refractivity contribution in [2.75, 3.05) is 20.2 Å². The first-order valence-electron chi connectivity index (χ1n) is 10.8. The van der Waals surface area contributed by atoms with Gasteiger partial charge in [0.2, 0.25) is 0 Å². The molecule has 1 rings (SSSR count). The third-order valence-corrected chi connectivity index (χ3v) is 6.67. The van der Waals surface area contributed by atoms with Crippen LogP contribution in [0.5, 0.6) is 0 Å². The lowest BCUT2D eigenvalue weighted by molar-refractivity contribution is 0.0402. The number of hydrogen-bond acceptors (Lipinski definition) is 4. The van der Waals surface area contributed by atoms with Crippen LogP contribution >= 0.6 is 0 Å². The predicted molar refractivity (Wildman–Crippen MR) is 117 cm³/mol. The van der Waals surface area contributed by atoms with E-state index >= 15 is 4.39 Å². The summed E-state index contributed by atoms with van der Waals surface area (Å²) in [6.07, 6.45) is 2.85. The number of nitrogens with zero attached hydrogens (tertiary/aromatic N) is 1. The van der Waals surface area contributed by atoms with Crippen LogP contribution in [-0.2, 0) is 9.47 Å². The molecule has 0 unspecified atom stereocenters. The fourth-order valence-electron chi connectivity index (χ4n) is 3.43. The second-order valence-corrected chi connectivity index (χ2v) is 16.2. The molecule has 1 N–H and O–H groups in total. The number of amides is 2. The normalized spacial score (nSPS) is 17.9. The van der Waals surface area contributed by atoms with Crippen molar-refractivity contribution in [3.05, 3.63) is 0 Å². The van der Waals surface area contributed by atoms with Crippen molar-refractivity contribution >= 4 is 20.3 Å². The lowest BCUT2D eigenvalue weighted by Crippen LogP contribution is -2.49. The highest BCUT2D eigenvalue weighted by molar-refractivity contribution is 6.76. The molecule has 0 aromatic heterocycles. The molecule has 0 radical (unpaired) electrons. The number of likely N-dealkylation sites (N-methyl/N-ethyl adjacent to an activating group) is 1. The number of nitrogens with one attached hydrogen (secondary N) is 1. The molecule has 0 spiro atoms. The second-order valence-electron chi connectivity index (χ2n) is 10.6.